The van der Waals surface area contributed by atoms with Gasteiger partial charge in [0, 0.05) is 24.0 Å². The molecule has 0 aromatic carbocycles. The molecule has 0 unspecified atom stereocenters. The second kappa shape index (κ2) is 5.25. The summed E-state index contributed by atoms with van der Waals surface area (Å²) in [5.74, 6) is -0.0762. The van der Waals surface area contributed by atoms with Gasteiger partial charge in [-0.1, -0.05) is 0 Å². The predicted molar refractivity (Wildman–Crippen MR) is 63.7 cm³/mol. The highest BCUT2D eigenvalue weighted by molar-refractivity contribution is 7.08. The quantitative estimate of drug-likeness (QED) is 0.597. The van der Waals surface area contributed by atoms with Crippen molar-refractivity contribution in [3.05, 3.63) is 22.4 Å². The molecule has 16 heavy (non-hydrogen) atoms. The average Bonchev–Trinajstić information content (AvgIpc) is 2.83. The molecule has 0 aliphatic carbocycles. The number of amides is 1. The van der Waals surface area contributed by atoms with E-state index in [-0.39, 0.29) is 18.1 Å². The van der Waals surface area contributed by atoms with Gasteiger partial charge in [0.2, 0.25) is 5.91 Å². The number of hydrogen-bond acceptors (Lipinski definition) is 3. The Morgan fingerprint density at radius 1 is 1.25 bits per heavy atom. The fourth-order valence-electron chi connectivity index (χ4n) is 1.92. The minimum absolute atomic E-state index is 0.0177. The number of nitrogens with zero attached hydrogens (tertiary/aromatic N) is 1. The molecule has 2 rings (SSSR count). The zero-order valence-electron chi connectivity index (χ0n) is 9.15. The van der Waals surface area contributed by atoms with Crippen molar-refractivity contribution in [2.24, 2.45) is 0 Å². The molecule has 1 aromatic heterocycles. The summed E-state index contributed by atoms with van der Waals surface area (Å²) < 4.78 is 0. The van der Waals surface area contributed by atoms with Crippen LogP contribution in [0.5, 0.6) is 0 Å². The van der Waals surface area contributed by atoms with Crippen molar-refractivity contribution in [2.75, 3.05) is 13.1 Å². The van der Waals surface area contributed by atoms with E-state index >= 15 is 0 Å². The highest BCUT2D eigenvalue weighted by Gasteiger charge is 2.19. The number of ketones is 1. The number of thiophene rings is 1. The molecule has 0 atom stereocenters. The molecular weight excluding hydrogens is 222 g/mol. The Balaban J connectivity index is 1.89. The lowest BCUT2D eigenvalue weighted by Crippen LogP contribution is -2.36. The number of rotatable bonds is 3. The smallest absolute Gasteiger partial charge is 0.230 e. The molecule has 3 nitrogen and oxygen atoms in total. The minimum Gasteiger partial charge on any atom is -0.342 e. The number of hydrogen-bond donors (Lipinski definition) is 0. The van der Waals surface area contributed by atoms with Crippen LogP contribution in [0.1, 0.15) is 36.0 Å². The Labute approximate surface area is 99.1 Å². The van der Waals surface area contributed by atoms with Crippen molar-refractivity contribution in [2.45, 2.75) is 25.7 Å². The Morgan fingerprint density at radius 2 is 2.00 bits per heavy atom. The fraction of sp³-hybridized carbons (Fsp3) is 0.500. The van der Waals surface area contributed by atoms with Crippen LogP contribution >= 0.6 is 11.3 Å². The maximum absolute atomic E-state index is 11.8. The molecule has 0 N–H and O–H groups in total. The van der Waals surface area contributed by atoms with Gasteiger partial charge in [-0.2, -0.15) is 11.3 Å². The van der Waals surface area contributed by atoms with E-state index in [1.54, 1.807) is 11.4 Å². The molecular formula is C12H15NO2S. The highest BCUT2D eigenvalue weighted by atomic mass is 32.1. The molecule has 1 amide bonds. The van der Waals surface area contributed by atoms with Crippen molar-refractivity contribution in [3.63, 3.8) is 0 Å². The van der Waals surface area contributed by atoms with Crippen molar-refractivity contribution in [3.8, 4) is 0 Å². The van der Waals surface area contributed by atoms with Crippen molar-refractivity contribution in [1.82, 2.24) is 4.90 Å². The van der Waals surface area contributed by atoms with Crippen LogP contribution < -0.4 is 0 Å². The second-order valence-corrected chi connectivity index (χ2v) is 4.83. The summed E-state index contributed by atoms with van der Waals surface area (Å²) in [5.41, 5.74) is 0.662. The van der Waals surface area contributed by atoms with Gasteiger partial charge in [0.1, 0.15) is 0 Å². The van der Waals surface area contributed by atoms with E-state index in [1.807, 2.05) is 10.3 Å². The number of carbonyl (C=O) groups is 2. The van der Waals surface area contributed by atoms with Gasteiger partial charge in [0.05, 0.1) is 6.42 Å². The van der Waals surface area contributed by atoms with Crippen molar-refractivity contribution < 1.29 is 9.59 Å². The minimum atomic E-state index is -0.0585. The van der Waals surface area contributed by atoms with Crippen LogP contribution in [0.15, 0.2) is 16.8 Å². The van der Waals surface area contributed by atoms with Gasteiger partial charge in [-0.15, -0.1) is 0 Å². The monoisotopic (exact) mass is 237 g/mol. The number of piperidine rings is 1. The summed E-state index contributed by atoms with van der Waals surface area (Å²) >= 11 is 1.48. The van der Waals surface area contributed by atoms with Gasteiger partial charge in [0.25, 0.3) is 0 Å². The molecule has 0 spiro atoms. The van der Waals surface area contributed by atoms with E-state index in [1.165, 1.54) is 17.8 Å². The Kier molecular flexibility index (Phi) is 3.72. The first kappa shape index (κ1) is 11.3. The Hall–Kier alpha value is -1.16. The molecule has 0 saturated carbocycles. The molecule has 2 heterocycles. The summed E-state index contributed by atoms with van der Waals surface area (Å²) in [4.78, 5) is 25.3. The summed E-state index contributed by atoms with van der Waals surface area (Å²) in [6.45, 7) is 1.63. The van der Waals surface area contributed by atoms with Crippen LogP contribution in [0.3, 0.4) is 0 Å². The third kappa shape index (κ3) is 2.70. The first-order valence-electron chi connectivity index (χ1n) is 5.60. The standard InChI is InChI=1S/C12H15NO2S/c14-11(10-4-7-16-9-10)8-12(15)13-5-2-1-3-6-13/h4,7,9H,1-3,5-6,8H2. The van der Waals surface area contributed by atoms with Gasteiger partial charge in [-0.05, 0) is 30.7 Å². The van der Waals surface area contributed by atoms with E-state index in [4.69, 9.17) is 0 Å². The van der Waals surface area contributed by atoms with Crippen LogP contribution in [-0.2, 0) is 4.79 Å². The summed E-state index contributed by atoms with van der Waals surface area (Å²) in [6.07, 6.45) is 3.36. The fourth-order valence-corrected chi connectivity index (χ4v) is 2.58. The molecule has 4 heteroatoms. The second-order valence-electron chi connectivity index (χ2n) is 4.05. The van der Waals surface area contributed by atoms with Gasteiger partial charge in [0.15, 0.2) is 5.78 Å². The van der Waals surface area contributed by atoms with Crippen LogP contribution in [0.4, 0.5) is 0 Å². The van der Waals surface area contributed by atoms with Crippen LogP contribution in [-0.4, -0.2) is 29.7 Å². The molecule has 0 bridgehead atoms. The molecule has 86 valence electrons. The lowest BCUT2D eigenvalue weighted by atomic mass is 10.1. The first-order chi connectivity index (χ1) is 7.77. The van der Waals surface area contributed by atoms with Crippen LogP contribution in [0.25, 0.3) is 0 Å². The SMILES string of the molecule is O=C(CC(=O)N1CCCCC1)c1ccsc1. The van der Waals surface area contributed by atoms with E-state index in [0.29, 0.717) is 5.56 Å². The van der Waals surface area contributed by atoms with E-state index in [0.717, 1.165) is 25.9 Å². The maximum Gasteiger partial charge on any atom is 0.230 e. The topological polar surface area (TPSA) is 37.4 Å². The van der Waals surface area contributed by atoms with E-state index < -0.39 is 0 Å². The van der Waals surface area contributed by atoms with Crippen LogP contribution in [0, 0.1) is 0 Å². The maximum atomic E-state index is 11.8. The molecule has 1 saturated heterocycles. The Bertz CT molecular complexity index is 366. The largest absolute Gasteiger partial charge is 0.342 e. The van der Waals surface area contributed by atoms with Crippen molar-refractivity contribution in [1.29, 1.82) is 0 Å². The summed E-state index contributed by atoms with van der Waals surface area (Å²) in [5, 5.41) is 3.66. The normalized spacial score (nSPS) is 16.1. The molecule has 0 radical (unpaired) electrons. The zero-order valence-corrected chi connectivity index (χ0v) is 9.96. The van der Waals surface area contributed by atoms with E-state index in [2.05, 4.69) is 0 Å². The first-order valence-corrected chi connectivity index (χ1v) is 6.55. The van der Waals surface area contributed by atoms with Gasteiger partial charge in [-0.3, -0.25) is 9.59 Å². The number of likely N-dealkylation sites (tertiary alicyclic amines) is 1. The number of Topliss-reactive ketones (excluding diaryl/α,β-unsaturated/α-hetero) is 1. The van der Waals surface area contributed by atoms with Gasteiger partial charge >= 0.3 is 0 Å². The third-order valence-electron chi connectivity index (χ3n) is 2.86. The summed E-state index contributed by atoms with van der Waals surface area (Å²) in [7, 11) is 0. The predicted octanol–water partition coefficient (Wildman–Crippen LogP) is 2.33. The average molecular weight is 237 g/mol. The lowest BCUT2D eigenvalue weighted by Gasteiger charge is -2.26. The molecule has 1 aromatic rings. The lowest BCUT2D eigenvalue weighted by molar-refractivity contribution is -0.131. The van der Waals surface area contributed by atoms with Crippen molar-refractivity contribution >= 4 is 23.0 Å². The van der Waals surface area contributed by atoms with Crippen LogP contribution in [0.2, 0.25) is 0 Å². The highest BCUT2D eigenvalue weighted by Crippen LogP contribution is 2.13. The molecule has 1 fully saturated rings. The molecule has 1 aliphatic rings. The Morgan fingerprint density at radius 3 is 2.62 bits per heavy atom. The molecule has 1 aliphatic heterocycles. The van der Waals surface area contributed by atoms with E-state index in [9.17, 15) is 9.59 Å². The summed E-state index contributed by atoms with van der Waals surface area (Å²) in [6, 6.07) is 1.77. The third-order valence-corrected chi connectivity index (χ3v) is 3.55. The zero-order chi connectivity index (χ0) is 11.4. The van der Waals surface area contributed by atoms with Gasteiger partial charge < -0.3 is 4.90 Å². The number of carbonyl (C=O) groups excluding carboxylic acids is 2. The van der Waals surface area contributed by atoms with Gasteiger partial charge in [-0.25, -0.2) is 0 Å².